The van der Waals surface area contributed by atoms with Crippen LogP contribution in [-0.2, 0) is 11.3 Å². The zero-order valence-corrected chi connectivity index (χ0v) is 9.14. The van der Waals surface area contributed by atoms with Crippen molar-refractivity contribution in [1.29, 1.82) is 0 Å². The van der Waals surface area contributed by atoms with Crippen molar-refractivity contribution in [3.8, 4) is 0 Å². The van der Waals surface area contributed by atoms with Gasteiger partial charge in [0.15, 0.2) is 0 Å². The van der Waals surface area contributed by atoms with Crippen LogP contribution in [0.2, 0.25) is 0 Å². The topological polar surface area (TPSA) is 86.7 Å². The van der Waals surface area contributed by atoms with Crippen LogP contribution in [0.15, 0.2) is 18.2 Å². The first-order chi connectivity index (χ1) is 8.49. The van der Waals surface area contributed by atoms with Crippen LogP contribution in [0.4, 0.5) is 9.18 Å². The third-order valence-corrected chi connectivity index (χ3v) is 2.54. The van der Waals surface area contributed by atoms with Crippen LogP contribution in [0, 0.1) is 5.82 Å². The van der Waals surface area contributed by atoms with E-state index >= 15 is 0 Å². The average Bonchev–Trinajstić information content (AvgIpc) is 2.60. The molecule has 94 valence electrons. The number of benzene rings is 1. The molecule has 1 aromatic carbocycles. The van der Waals surface area contributed by atoms with E-state index in [-0.39, 0.29) is 13.1 Å². The first kappa shape index (κ1) is 12.0. The summed E-state index contributed by atoms with van der Waals surface area (Å²) in [5.41, 5.74) is -0.0983. The Labute approximate surface area is 101 Å². The summed E-state index contributed by atoms with van der Waals surface area (Å²) in [6.07, 6.45) is 0. The molecule has 0 radical (unpaired) electrons. The molecule has 1 aliphatic heterocycles. The molecule has 2 rings (SSSR count). The Balaban J connectivity index is 2.20. The lowest BCUT2D eigenvalue weighted by Crippen LogP contribution is -2.30. The molecule has 0 aliphatic carbocycles. The average molecular weight is 252 g/mol. The highest BCUT2D eigenvalue weighted by Crippen LogP contribution is 2.14. The SMILES string of the molecule is O=C(O)c1ccc(CN2C(=O)CNC2=O)cc1F. The summed E-state index contributed by atoms with van der Waals surface area (Å²) < 4.78 is 13.4. The summed E-state index contributed by atoms with van der Waals surface area (Å²) in [6, 6.07) is 2.93. The van der Waals surface area contributed by atoms with E-state index < -0.39 is 29.3 Å². The van der Waals surface area contributed by atoms with Gasteiger partial charge in [0.2, 0.25) is 5.91 Å². The number of nitrogens with one attached hydrogen (secondary N) is 1. The van der Waals surface area contributed by atoms with Crippen molar-refractivity contribution >= 4 is 17.9 Å². The van der Waals surface area contributed by atoms with Crippen LogP contribution in [0.5, 0.6) is 0 Å². The molecule has 0 atom stereocenters. The Morgan fingerprint density at radius 1 is 1.44 bits per heavy atom. The van der Waals surface area contributed by atoms with Crippen molar-refractivity contribution in [2.75, 3.05) is 6.54 Å². The number of aromatic carboxylic acids is 1. The number of urea groups is 1. The molecule has 6 nitrogen and oxygen atoms in total. The summed E-state index contributed by atoms with van der Waals surface area (Å²) in [6.45, 7) is -0.157. The normalized spacial score (nSPS) is 14.8. The number of hydrogen-bond donors (Lipinski definition) is 2. The summed E-state index contributed by atoms with van der Waals surface area (Å²) in [5, 5.41) is 11.0. The van der Waals surface area contributed by atoms with Gasteiger partial charge in [-0.1, -0.05) is 6.07 Å². The van der Waals surface area contributed by atoms with Crippen LogP contribution in [0.25, 0.3) is 0 Å². The van der Waals surface area contributed by atoms with Crippen molar-refractivity contribution in [3.63, 3.8) is 0 Å². The highest BCUT2D eigenvalue weighted by Gasteiger charge is 2.28. The zero-order chi connectivity index (χ0) is 13.3. The number of rotatable bonds is 3. The molecule has 7 heteroatoms. The predicted molar refractivity (Wildman–Crippen MR) is 57.3 cm³/mol. The van der Waals surface area contributed by atoms with Crippen molar-refractivity contribution in [3.05, 3.63) is 35.1 Å². The number of imide groups is 1. The van der Waals surface area contributed by atoms with E-state index in [1.165, 1.54) is 6.07 Å². The zero-order valence-electron chi connectivity index (χ0n) is 9.14. The molecule has 0 spiro atoms. The quantitative estimate of drug-likeness (QED) is 0.770. The second-order valence-electron chi connectivity index (χ2n) is 3.76. The van der Waals surface area contributed by atoms with Crippen molar-refractivity contribution in [2.45, 2.75) is 6.54 Å². The Kier molecular flexibility index (Phi) is 2.97. The Morgan fingerprint density at radius 3 is 2.67 bits per heavy atom. The number of hydrogen-bond acceptors (Lipinski definition) is 3. The van der Waals surface area contributed by atoms with Gasteiger partial charge in [0, 0.05) is 0 Å². The van der Waals surface area contributed by atoms with Crippen LogP contribution in [-0.4, -0.2) is 34.5 Å². The van der Waals surface area contributed by atoms with E-state index in [1.54, 1.807) is 0 Å². The van der Waals surface area contributed by atoms with Gasteiger partial charge in [-0.05, 0) is 17.7 Å². The minimum atomic E-state index is -1.37. The van der Waals surface area contributed by atoms with Gasteiger partial charge in [-0.15, -0.1) is 0 Å². The molecule has 1 heterocycles. The lowest BCUT2D eigenvalue weighted by atomic mass is 10.1. The maximum absolute atomic E-state index is 13.4. The molecular formula is C11H9FN2O4. The molecule has 1 aliphatic rings. The molecular weight excluding hydrogens is 243 g/mol. The van der Waals surface area contributed by atoms with Gasteiger partial charge < -0.3 is 10.4 Å². The van der Waals surface area contributed by atoms with Crippen molar-refractivity contribution < 1.29 is 23.9 Å². The fourth-order valence-corrected chi connectivity index (χ4v) is 1.63. The minimum absolute atomic E-state index is 0.0749. The summed E-state index contributed by atoms with van der Waals surface area (Å²) in [5.74, 6) is -2.66. The number of carboxylic acids is 1. The Morgan fingerprint density at radius 2 is 2.17 bits per heavy atom. The maximum Gasteiger partial charge on any atom is 0.338 e. The second kappa shape index (κ2) is 4.44. The summed E-state index contributed by atoms with van der Waals surface area (Å²) in [7, 11) is 0. The van der Waals surface area contributed by atoms with E-state index in [0.717, 1.165) is 17.0 Å². The van der Waals surface area contributed by atoms with Gasteiger partial charge in [-0.3, -0.25) is 9.69 Å². The first-order valence-electron chi connectivity index (χ1n) is 5.09. The predicted octanol–water partition coefficient (Wildman–Crippen LogP) is 0.576. The minimum Gasteiger partial charge on any atom is -0.478 e. The second-order valence-corrected chi connectivity index (χ2v) is 3.76. The first-order valence-corrected chi connectivity index (χ1v) is 5.09. The van der Waals surface area contributed by atoms with Crippen molar-refractivity contribution in [1.82, 2.24) is 10.2 Å². The molecule has 0 bridgehead atoms. The van der Waals surface area contributed by atoms with Gasteiger partial charge in [0.1, 0.15) is 5.82 Å². The van der Waals surface area contributed by atoms with Gasteiger partial charge in [0.25, 0.3) is 0 Å². The van der Waals surface area contributed by atoms with E-state index in [0.29, 0.717) is 5.56 Å². The number of carbonyl (C=O) groups is 3. The standard InChI is InChI=1S/C11H9FN2O4/c12-8-3-6(1-2-7(8)10(16)17)5-14-9(15)4-13-11(14)18/h1-3H,4-5H2,(H,13,18)(H,16,17). The van der Waals surface area contributed by atoms with Gasteiger partial charge >= 0.3 is 12.0 Å². The summed E-state index contributed by atoms with van der Waals surface area (Å²) in [4.78, 5) is 34.1. The third-order valence-electron chi connectivity index (χ3n) is 2.54. The molecule has 18 heavy (non-hydrogen) atoms. The lowest BCUT2D eigenvalue weighted by Gasteiger charge is -2.12. The smallest absolute Gasteiger partial charge is 0.338 e. The van der Waals surface area contributed by atoms with E-state index in [4.69, 9.17) is 5.11 Å². The molecule has 0 aromatic heterocycles. The highest BCUT2D eigenvalue weighted by molar-refractivity contribution is 6.01. The molecule has 1 fully saturated rings. The van der Waals surface area contributed by atoms with Crippen LogP contribution >= 0.6 is 0 Å². The maximum atomic E-state index is 13.4. The van der Waals surface area contributed by atoms with Gasteiger partial charge in [-0.25, -0.2) is 14.0 Å². The van der Waals surface area contributed by atoms with E-state index in [2.05, 4.69) is 5.32 Å². The monoisotopic (exact) mass is 252 g/mol. The van der Waals surface area contributed by atoms with Crippen LogP contribution in [0.3, 0.4) is 0 Å². The number of halogens is 1. The fraction of sp³-hybridized carbons (Fsp3) is 0.182. The van der Waals surface area contributed by atoms with Crippen LogP contribution < -0.4 is 5.32 Å². The fourth-order valence-electron chi connectivity index (χ4n) is 1.63. The lowest BCUT2D eigenvalue weighted by molar-refractivity contribution is -0.125. The molecule has 2 N–H and O–H groups in total. The summed E-state index contributed by atoms with van der Waals surface area (Å²) >= 11 is 0. The molecule has 1 saturated heterocycles. The third kappa shape index (κ3) is 2.15. The van der Waals surface area contributed by atoms with E-state index in [9.17, 15) is 18.8 Å². The van der Waals surface area contributed by atoms with Crippen LogP contribution in [0.1, 0.15) is 15.9 Å². The largest absolute Gasteiger partial charge is 0.478 e. The molecule has 3 amide bonds. The van der Waals surface area contributed by atoms with Gasteiger partial charge in [-0.2, -0.15) is 0 Å². The molecule has 0 unspecified atom stereocenters. The number of carboxylic acid groups (broad SMARTS) is 1. The molecule has 1 aromatic rings. The van der Waals surface area contributed by atoms with Gasteiger partial charge in [0.05, 0.1) is 18.7 Å². The van der Waals surface area contributed by atoms with Crippen molar-refractivity contribution in [2.24, 2.45) is 0 Å². The Hall–Kier alpha value is -2.44. The van der Waals surface area contributed by atoms with E-state index in [1.807, 2.05) is 0 Å². The molecule has 0 saturated carbocycles. The number of carbonyl (C=O) groups excluding carboxylic acids is 2. The Bertz CT molecular complexity index is 528. The number of amides is 3. The number of nitrogens with zero attached hydrogens (tertiary/aromatic N) is 1. The highest BCUT2D eigenvalue weighted by atomic mass is 19.1.